The first-order valence-corrected chi connectivity index (χ1v) is 8.26. The number of hydrogen-bond donors (Lipinski definition) is 0. The number of ketones is 1. The van der Waals surface area contributed by atoms with Crippen LogP contribution in [0.2, 0.25) is 0 Å². The van der Waals surface area contributed by atoms with Gasteiger partial charge >= 0.3 is 0 Å². The average Bonchev–Trinajstić information content (AvgIpc) is 2.58. The first-order chi connectivity index (χ1) is 11.9. The van der Waals surface area contributed by atoms with Crippen LogP contribution < -0.4 is 4.74 Å². The van der Waals surface area contributed by atoms with E-state index in [-0.39, 0.29) is 24.3 Å². The Morgan fingerprint density at radius 3 is 2.40 bits per heavy atom. The van der Waals surface area contributed by atoms with Gasteiger partial charge in [-0.15, -0.1) is 0 Å². The van der Waals surface area contributed by atoms with Crippen LogP contribution in [0.25, 0.3) is 0 Å². The van der Waals surface area contributed by atoms with E-state index in [2.05, 4.69) is 0 Å². The van der Waals surface area contributed by atoms with Crippen LogP contribution in [0.1, 0.15) is 53.2 Å². The van der Waals surface area contributed by atoms with Crippen molar-refractivity contribution in [2.24, 2.45) is 0 Å². The third kappa shape index (κ3) is 4.84. The molecule has 0 unspecified atom stereocenters. The molecule has 0 heterocycles. The van der Waals surface area contributed by atoms with Crippen LogP contribution in [0.5, 0.6) is 5.75 Å². The number of hydrogen-bond acceptors (Lipinski definition) is 2. The van der Waals surface area contributed by atoms with Crippen molar-refractivity contribution in [1.82, 2.24) is 0 Å². The van der Waals surface area contributed by atoms with Crippen LogP contribution >= 0.6 is 0 Å². The Labute approximate surface area is 145 Å². The molecule has 0 fully saturated rings. The van der Waals surface area contributed by atoms with Crippen molar-refractivity contribution >= 4 is 5.78 Å². The molecule has 25 heavy (non-hydrogen) atoms. The Morgan fingerprint density at radius 1 is 1.12 bits per heavy atom. The van der Waals surface area contributed by atoms with Gasteiger partial charge in [0.2, 0.25) is 0 Å². The average molecular weight is 350 g/mol. The topological polar surface area (TPSA) is 26.3 Å². The first-order valence-electron chi connectivity index (χ1n) is 8.26. The van der Waals surface area contributed by atoms with Crippen LogP contribution in [0.4, 0.5) is 13.2 Å². The van der Waals surface area contributed by atoms with E-state index < -0.39 is 23.6 Å². The van der Waals surface area contributed by atoms with Gasteiger partial charge in [0.15, 0.2) is 17.3 Å². The van der Waals surface area contributed by atoms with E-state index in [1.54, 1.807) is 6.92 Å². The third-order valence-electron chi connectivity index (χ3n) is 3.95. The van der Waals surface area contributed by atoms with Gasteiger partial charge in [0.05, 0.1) is 12.2 Å². The largest absolute Gasteiger partial charge is 0.491 e. The molecule has 0 N–H and O–H groups in total. The monoisotopic (exact) mass is 350 g/mol. The predicted octanol–water partition coefficient (Wildman–Crippen LogP) is 5.68. The standard InChI is InChI=1S/C20H21F3O2/c1-3-25-17-12-11-15(18(19(17)21)20(22)23)16(24)6-4-5-14-9-7-13(2)8-10-14/h7-12,20H,3-6H2,1-2H3. The maximum atomic E-state index is 14.2. The van der Waals surface area contributed by atoms with E-state index in [0.717, 1.165) is 11.1 Å². The molecular formula is C20H21F3O2. The zero-order valence-electron chi connectivity index (χ0n) is 14.3. The molecule has 0 aliphatic heterocycles. The lowest BCUT2D eigenvalue weighted by Gasteiger charge is -2.13. The predicted molar refractivity (Wildman–Crippen MR) is 91.0 cm³/mol. The molecule has 0 atom stereocenters. The maximum Gasteiger partial charge on any atom is 0.267 e. The van der Waals surface area contributed by atoms with Gasteiger partial charge in [-0.25, -0.2) is 13.2 Å². The summed E-state index contributed by atoms with van der Waals surface area (Å²) in [6.07, 6.45) is -1.81. The summed E-state index contributed by atoms with van der Waals surface area (Å²) in [6.45, 7) is 3.77. The Hall–Kier alpha value is -2.30. The fourth-order valence-electron chi connectivity index (χ4n) is 2.64. The molecule has 0 aliphatic carbocycles. The third-order valence-corrected chi connectivity index (χ3v) is 3.95. The van der Waals surface area contributed by atoms with E-state index in [4.69, 9.17) is 4.74 Å². The van der Waals surface area contributed by atoms with Gasteiger partial charge in [0, 0.05) is 12.0 Å². The fourth-order valence-corrected chi connectivity index (χ4v) is 2.64. The van der Waals surface area contributed by atoms with E-state index in [0.29, 0.717) is 12.8 Å². The summed E-state index contributed by atoms with van der Waals surface area (Å²) in [7, 11) is 0. The number of benzene rings is 2. The summed E-state index contributed by atoms with van der Waals surface area (Å²) in [4.78, 5) is 12.3. The molecule has 0 spiro atoms. The highest BCUT2D eigenvalue weighted by atomic mass is 19.3. The van der Waals surface area contributed by atoms with Crippen molar-refractivity contribution in [1.29, 1.82) is 0 Å². The maximum absolute atomic E-state index is 14.2. The van der Waals surface area contributed by atoms with Crippen LogP contribution in [0.3, 0.4) is 0 Å². The second-order valence-electron chi connectivity index (χ2n) is 5.83. The van der Waals surface area contributed by atoms with E-state index in [1.807, 2.05) is 31.2 Å². The summed E-state index contributed by atoms with van der Waals surface area (Å²) >= 11 is 0. The lowest BCUT2D eigenvalue weighted by atomic mass is 9.97. The number of halogens is 3. The Balaban J connectivity index is 2.10. The van der Waals surface area contributed by atoms with Gasteiger partial charge in [-0.1, -0.05) is 29.8 Å². The Kier molecular flexibility index (Phi) is 6.62. The smallest absolute Gasteiger partial charge is 0.267 e. The van der Waals surface area contributed by atoms with Gasteiger partial charge in [0.1, 0.15) is 0 Å². The van der Waals surface area contributed by atoms with Gasteiger partial charge < -0.3 is 4.74 Å². The number of aryl methyl sites for hydroxylation is 2. The van der Waals surface area contributed by atoms with Crippen molar-refractivity contribution in [3.05, 3.63) is 64.5 Å². The van der Waals surface area contributed by atoms with Gasteiger partial charge in [-0.3, -0.25) is 4.79 Å². The lowest BCUT2D eigenvalue weighted by Crippen LogP contribution is -2.09. The SMILES string of the molecule is CCOc1ccc(C(=O)CCCc2ccc(C)cc2)c(C(F)F)c1F. The van der Waals surface area contributed by atoms with Crippen molar-refractivity contribution < 1.29 is 22.7 Å². The minimum Gasteiger partial charge on any atom is -0.491 e. The van der Waals surface area contributed by atoms with Crippen molar-refractivity contribution in [3.8, 4) is 5.75 Å². The van der Waals surface area contributed by atoms with E-state index >= 15 is 0 Å². The molecule has 5 heteroatoms. The summed E-state index contributed by atoms with van der Waals surface area (Å²) in [5.74, 6) is -1.89. The van der Waals surface area contributed by atoms with Crippen molar-refractivity contribution in [2.45, 2.75) is 39.5 Å². The first kappa shape index (κ1) is 19.0. The second-order valence-corrected chi connectivity index (χ2v) is 5.83. The number of alkyl halides is 2. The molecule has 0 saturated carbocycles. The normalized spacial score (nSPS) is 11.0. The molecule has 2 rings (SSSR count). The van der Waals surface area contributed by atoms with Gasteiger partial charge in [-0.2, -0.15) is 0 Å². The minimum absolute atomic E-state index is 0.0843. The molecule has 0 aliphatic rings. The zero-order valence-corrected chi connectivity index (χ0v) is 14.3. The van der Waals surface area contributed by atoms with Gasteiger partial charge in [0.25, 0.3) is 6.43 Å². The molecule has 0 radical (unpaired) electrons. The van der Waals surface area contributed by atoms with Crippen LogP contribution in [0.15, 0.2) is 36.4 Å². The molecule has 2 aromatic rings. The molecule has 2 nitrogen and oxygen atoms in total. The lowest BCUT2D eigenvalue weighted by molar-refractivity contribution is 0.0962. The Morgan fingerprint density at radius 2 is 1.80 bits per heavy atom. The molecule has 0 bridgehead atoms. The van der Waals surface area contributed by atoms with E-state index in [9.17, 15) is 18.0 Å². The molecular weight excluding hydrogens is 329 g/mol. The highest BCUT2D eigenvalue weighted by Crippen LogP contribution is 2.32. The van der Waals surface area contributed by atoms with Crippen molar-refractivity contribution in [2.75, 3.05) is 6.61 Å². The number of carbonyl (C=O) groups excluding carboxylic acids is 1. The molecule has 0 amide bonds. The minimum atomic E-state index is -3.07. The van der Waals surface area contributed by atoms with Crippen LogP contribution in [-0.4, -0.2) is 12.4 Å². The summed E-state index contributed by atoms with van der Waals surface area (Å²) in [5.41, 5.74) is 1.09. The molecule has 134 valence electrons. The molecule has 0 saturated heterocycles. The number of rotatable bonds is 8. The highest BCUT2D eigenvalue weighted by Gasteiger charge is 2.25. The fraction of sp³-hybridized carbons (Fsp3) is 0.350. The highest BCUT2D eigenvalue weighted by molar-refractivity contribution is 5.97. The van der Waals surface area contributed by atoms with E-state index in [1.165, 1.54) is 12.1 Å². The number of Topliss-reactive ketones (excluding diaryl/α,β-unsaturated/α-hetero) is 1. The number of carbonyl (C=O) groups is 1. The quantitative estimate of drug-likeness (QED) is 0.573. The summed E-state index contributed by atoms with van der Waals surface area (Å²) in [5, 5.41) is 0. The molecule has 2 aromatic carbocycles. The van der Waals surface area contributed by atoms with Gasteiger partial charge in [-0.05, 0) is 44.4 Å². The summed E-state index contributed by atoms with van der Waals surface area (Å²) < 4.78 is 45.7. The number of ether oxygens (including phenoxy) is 1. The molecule has 0 aromatic heterocycles. The van der Waals surface area contributed by atoms with Crippen LogP contribution in [0, 0.1) is 12.7 Å². The Bertz CT molecular complexity index is 724. The zero-order chi connectivity index (χ0) is 18.4. The van der Waals surface area contributed by atoms with Crippen molar-refractivity contribution in [3.63, 3.8) is 0 Å². The second kappa shape index (κ2) is 8.70. The van der Waals surface area contributed by atoms with Crippen LogP contribution in [-0.2, 0) is 6.42 Å². The summed E-state index contributed by atoms with van der Waals surface area (Å²) in [6, 6.07) is 10.4.